The molecular weight excluding hydrogens is 304 g/mol. The molecule has 0 aromatic carbocycles. The number of pyridine rings is 1. The summed E-state index contributed by atoms with van der Waals surface area (Å²) >= 11 is 7.88. The summed E-state index contributed by atoms with van der Waals surface area (Å²) in [7, 11) is 0. The smallest absolute Gasteiger partial charge is 0.150 e. The summed E-state index contributed by atoms with van der Waals surface area (Å²) in [6, 6.07) is 0. The van der Waals surface area contributed by atoms with Gasteiger partial charge in [0.1, 0.15) is 17.0 Å². The van der Waals surface area contributed by atoms with Crippen molar-refractivity contribution in [1.29, 1.82) is 0 Å². The largest absolute Gasteiger partial charge is 0.350 e. The van der Waals surface area contributed by atoms with Crippen molar-refractivity contribution in [2.45, 2.75) is 6.92 Å². The normalized spacial score (nSPS) is 20.2. The molecule has 0 saturated carbocycles. The van der Waals surface area contributed by atoms with E-state index in [-0.39, 0.29) is 0 Å². The van der Waals surface area contributed by atoms with E-state index in [0.717, 1.165) is 44.9 Å². The number of halogens is 1. The van der Waals surface area contributed by atoms with Crippen molar-refractivity contribution in [2.75, 3.05) is 18.0 Å². The Balaban J connectivity index is 1.80. The van der Waals surface area contributed by atoms with Gasteiger partial charge in [0.15, 0.2) is 0 Å². The Labute approximate surface area is 130 Å². The van der Waals surface area contributed by atoms with Crippen molar-refractivity contribution < 1.29 is 0 Å². The van der Waals surface area contributed by atoms with Gasteiger partial charge in [0.25, 0.3) is 0 Å². The Bertz CT molecular complexity index is 946. The van der Waals surface area contributed by atoms with Crippen LogP contribution in [0.2, 0.25) is 5.02 Å². The molecule has 4 nitrogen and oxygen atoms in total. The van der Waals surface area contributed by atoms with Crippen molar-refractivity contribution >= 4 is 49.2 Å². The third-order valence-electron chi connectivity index (χ3n) is 4.34. The minimum Gasteiger partial charge on any atom is -0.350 e. The summed E-state index contributed by atoms with van der Waals surface area (Å²) in [6.07, 6.45) is 5.71. The zero-order chi connectivity index (χ0) is 14.1. The molecule has 5 rings (SSSR count). The number of anilines is 1. The quantitative estimate of drug-likeness (QED) is 0.644. The van der Waals surface area contributed by atoms with Crippen molar-refractivity contribution in [3.63, 3.8) is 0 Å². The standard InChI is InChI=1S/C15H11ClN4S/c1-7-10(16)3-17-15-11(7)12-13(21-15)14(19-6-18-12)20-4-8-2-9(8)5-20/h2-3,6,8H,4-5H2,1H3. The average molecular weight is 315 g/mol. The minimum absolute atomic E-state index is 0.679. The first kappa shape index (κ1) is 11.9. The number of thiophene rings is 1. The highest BCUT2D eigenvalue weighted by atomic mass is 35.5. The summed E-state index contributed by atoms with van der Waals surface area (Å²) in [5.41, 5.74) is 3.56. The molecule has 104 valence electrons. The molecule has 0 amide bonds. The van der Waals surface area contributed by atoms with Gasteiger partial charge in [-0.1, -0.05) is 17.7 Å². The number of aromatic nitrogens is 3. The molecular formula is C15H11ClN4S. The molecule has 1 fully saturated rings. The second kappa shape index (κ2) is 3.93. The predicted octanol–water partition coefficient (Wildman–Crippen LogP) is 3.58. The Morgan fingerprint density at radius 3 is 3.05 bits per heavy atom. The van der Waals surface area contributed by atoms with E-state index < -0.39 is 0 Å². The van der Waals surface area contributed by atoms with Gasteiger partial charge in [0, 0.05) is 30.6 Å². The highest BCUT2D eigenvalue weighted by Gasteiger charge is 2.36. The Hall–Kier alpha value is -1.72. The van der Waals surface area contributed by atoms with Crippen LogP contribution in [0, 0.1) is 12.8 Å². The average Bonchev–Trinajstić information content (AvgIpc) is 2.95. The van der Waals surface area contributed by atoms with Crippen LogP contribution >= 0.6 is 22.9 Å². The van der Waals surface area contributed by atoms with E-state index in [0.29, 0.717) is 10.9 Å². The van der Waals surface area contributed by atoms with Crippen LogP contribution in [0.1, 0.15) is 5.56 Å². The number of fused-ring (bicyclic) bond motifs is 4. The molecule has 0 N–H and O–H groups in total. The molecule has 4 heterocycles. The molecule has 0 radical (unpaired) electrons. The van der Waals surface area contributed by atoms with Crippen LogP contribution in [0.15, 0.2) is 24.2 Å². The molecule has 21 heavy (non-hydrogen) atoms. The highest BCUT2D eigenvalue weighted by molar-refractivity contribution is 7.26. The maximum Gasteiger partial charge on any atom is 0.150 e. The fourth-order valence-corrected chi connectivity index (χ4v) is 4.42. The molecule has 3 aromatic rings. The molecule has 1 aliphatic carbocycles. The van der Waals surface area contributed by atoms with Gasteiger partial charge in [-0.05, 0) is 18.1 Å². The third kappa shape index (κ3) is 1.59. The summed E-state index contributed by atoms with van der Waals surface area (Å²) in [4.78, 5) is 16.8. The number of rotatable bonds is 1. The molecule has 1 atom stereocenters. The first-order valence-electron chi connectivity index (χ1n) is 6.86. The van der Waals surface area contributed by atoms with Crippen molar-refractivity contribution in [3.8, 4) is 0 Å². The van der Waals surface area contributed by atoms with Crippen LogP contribution in [0.25, 0.3) is 20.4 Å². The Morgan fingerprint density at radius 1 is 1.33 bits per heavy atom. The van der Waals surface area contributed by atoms with Gasteiger partial charge in [-0.2, -0.15) is 0 Å². The lowest BCUT2D eigenvalue weighted by Gasteiger charge is -2.17. The summed E-state index contributed by atoms with van der Waals surface area (Å²) in [5.74, 6) is 1.71. The van der Waals surface area contributed by atoms with Gasteiger partial charge in [-0.25, -0.2) is 15.0 Å². The van der Waals surface area contributed by atoms with Gasteiger partial charge in [-0.3, -0.25) is 0 Å². The summed E-state index contributed by atoms with van der Waals surface area (Å²) < 4.78 is 1.12. The first-order chi connectivity index (χ1) is 10.2. The maximum atomic E-state index is 6.22. The summed E-state index contributed by atoms with van der Waals surface area (Å²) in [5, 5.41) is 1.75. The molecule has 3 aromatic heterocycles. The lowest BCUT2D eigenvalue weighted by molar-refractivity contribution is 0.874. The lowest BCUT2D eigenvalue weighted by Crippen LogP contribution is -2.21. The van der Waals surface area contributed by atoms with Crippen LogP contribution in [0.3, 0.4) is 0 Å². The van der Waals surface area contributed by atoms with Crippen LogP contribution < -0.4 is 4.90 Å². The lowest BCUT2D eigenvalue weighted by atomic mass is 10.2. The highest BCUT2D eigenvalue weighted by Crippen LogP contribution is 2.43. The fraction of sp³-hybridized carbons (Fsp3) is 0.267. The van der Waals surface area contributed by atoms with E-state index in [1.54, 1.807) is 29.4 Å². The zero-order valence-electron chi connectivity index (χ0n) is 11.3. The second-order valence-corrected chi connectivity index (χ2v) is 7.02. The number of aryl methyl sites for hydroxylation is 1. The number of hydrogen-bond acceptors (Lipinski definition) is 5. The van der Waals surface area contributed by atoms with Gasteiger partial charge in [-0.15, -0.1) is 11.3 Å². The molecule has 2 aliphatic rings. The van der Waals surface area contributed by atoms with Gasteiger partial charge >= 0.3 is 0 Å². The molecule has 0 spiro atoms. The predicted molar refractivity (Wildman–Crippen MR) is 86.2 cm³/mol. The summed E-state index contributed by atoms with van der Waals surface area (Å²) in [6.45, 7) is 4.07. The van der Waals surface area contributed by atoms with Crippen LogP contribution in [0.4, 0.5) is 5.82 Å². The molecule has 1 saturated heterocycles. The zero-order valence-corrected chi connectivity index (χ0v) is 12.9. The molecule has 6 heteroatoms. The van der Waals surface area contributed by atoms with Gasteiger partial charge < -0.3 is 4.90 Å². The van der Waals surface area contributed by atoms with Crippen LogP contribution in [-0.4, -0.2) is 28.0 Å². The van der Waals surface area contributed by atoms with E-state index >= 15 is 0 Å². The van der Waals surface area contributed by atoms with E-state index in [1.807, 2.05) is 6.92 Å². The maximum absolute atomic E-state index is 6.22. The van der Waals surface area contributed by atoms with Gasteiger partial charge in [0.05, 0.1) is 15.2 Å². The van der Waals surface area contributed by atoms with E-state index in [9.17, 15) is 0 Å². The first-order valence-corrected chi connectivity index (χ1v) is 8.05. The van der Waals surface area contributed by atoms with Crippen LogP contribution in [0.5, 0.6) is 0 Å². The Kier molecular flexibility index (Phi) is 2.22. The molecule has 1 unspecified atom stereocenters. The molecule has 1 aliphatic heterocycles. The van der Waals surface area contributed by atoms with Gasteiger partial charge in [0.2, 0.25) is 0 Å². The van der Waals surface area contributed by atoms with Crippen LogP contribution in [-0.2, 0) is 0 Å². The minimum atomic E-state index is 0.679. The number of hydrogen-bond donors (Lipinski definition) is 0. The van der Waals surface area contributed by atoms with E-state index in [4.69, 9.17) is 11.6 Å². The SMILES string of the molecule is Cc1c(Cl)cnc2sc3c(N4CC5=CC5C4)ncnc3c12. The van der Waals surface area contributed by atoms with Crippen molar-refractivity contribution in [3.05, 3.63) is 34.8 Å². The van der Waals surface area contributed by atoms with Crippen molar-refractivity contribution in [1.82, 2.24) is 15.0 Å². The van der Waals surface area contributed by atoms with E-state index in [2.05, 4.69) is 25.9 Å². The monoisotopic (exact) mass is 314 g/mol. The van der Waals surface area contributed by atoms with E-state index in [1.165, 1.54) is 0 Å². The molecule has 0 bridgehead atoms. The van der Waals surface area contributed by atoms with Crippen molar-refractivity contribution in [2.24, 2.45) is 5.92 Å². The Morgan fingerprint density at radius 2 is 2.24 bits per heavy atom. The number of nitrogens with zero attached hydrogens (tertiary/aromatic N) is 4. The fourth-order valence-electron chi connectivity index (χ4n) is 3.11. The topological polar surface area (TPSA) is 41.9 Å². The second-order valence-electron chi connectivity index (χ2n) is 5.62. The third-order valence-corrected chi connectivity index (χ3v) is 5.80.